The van der Waals surface area contributed by atoms with Crippen LogP contribution in [0.2, 0.25) is 0 Å². The number of nitrogens with zero attached hydrogens (tertiary/aromatic N) is 1. The molecule has 1 aliphatic heterocycles. The minimum atomic E-state index is -2.94. The zero-order valence-electron chi connectivity index (χ0n) is 13.5. The molecule has 0 radical (unpaired) electrons. The summed E-state index contributed by atoms with van der Waals surface area (Å²) in [5.41, 5.74) is 0.857. The lowest BCUT2D eigenvalue weighted by Crippen LogP contribution is -2.46. The molecule has 23 heavy (non-hydrogen) atoms. The minimum absolute atomic E-state index is 0.103. The van der Waals surface area contributed by atoms with E-state index in [0.29, 0.717) is 13.1 Å². The van der Waals surface area contributed by atoms with E-state index in [9.17, 15) is 17.6 Å². The van der Waals surface area contributed by atoms with Gasteiger partial charge < -0.3 is 5.32 Å². The van der Waals surface area contributed by atoms with Crippen LogP contribution in [-0.2, 0) is 14.6 Å². The summed E-state index contributed by atoms with van der Waals surface area (Å²) >= 11 is 0. The van der Waals surface area contributed by atoms with Gasteiger partial charge in [-0.2, -0.15) is 0 Å². The molecule has 0 saturated carbocycles. The smallest absolute Gasteiger partial charge is 0.234 e. The Morgan fingerprint density at radius 1 is 1.22 bits per heavy atom. The largest absolute Gasteiger partial charge is 0.348 e. The standard InChI is InChI=1S/C16H23FN2O3S/c1-12(2)16(13-3-5-14(17)6-4-13)18-15(20)11-19-7-9-23(21,22)10-8-19/h3-6,12,16H,7-11H2,1-2H3,(H,18,20). The van der Waals surface area contributed by atoms with Crippen molar-refractivity contribution in [1.82, 2.24) is 10.2 Å². The van der Waals surface area contributed by atoms with Crippen LogP contribution in [0.4, 0.5) is 4.39 Å². The van der Waals surface area contributed by atoms with Crippen LogP contribution in [0.1, 0.15) is 25.5 Å². The van der Waals surface area contributed by atoms with Crippen molar-refractivity contribution in [2.45, 2.75) is 19.9 Å². The van der Waals surface area contributed by atoms with Crippen molar-refractivity contribution in [3.8, 4) is 0 Å². The Balaban J connectivity index is 1.95. The van der Waals surface area contributed by atoms with Crippen molar-refractivity contribution in [2.75, 3.05) is 31.1 Å². The van der Waals surface area contributed by atoms with Crippen molar-refractivity contribution in [2.24, 2.45) is 5.92 Å². The van der Waals surface area contributed by atoms with Gasteiger partial charge in [-0.3, -0.25) is 9.69 Å². The molecule has 5 nitrogen and oxygen atoms in total. The highest BCUT2D eigenvalue weighted by Gasteiger charge is 2.24. The Labute approximate surface area is 136 Å². The van der Waals surface area contributed by atoms with Crippen LogP contribution in [0.5, 0.6) is 0 Å². The number of rotatable bonds is 5. The molecule has 0 spiro atoms. The molecular weight excluding hydrogens is 319 g/mol. The molecule has 1 atom stereocenters. The van der Waals surface area contributed by atoms with Crippen molar-refractivity contribution in [1.29, 1.82) is 0 Å². The molecule has 0 bridgehead atoms. The van der Waals surface area contributed by atoms with Crippen LogP contribution in [0.15, 0.2) is 24.3 Å². The number of hydrogen-bond donors (Lipinski definition) is 1. The highest BCUT2D eigenvalue weighted by molar-refractivity contribution is 7.91. The SMILES string of the molecule is CC(C)C(NC(=O)CN1CCS(=O)(=O)CC1)c1ccc(F)cc1. The van der Waals surface area contributed by atoms with E-state index in [-0.39, 0.29) is 41.7 Å². The van der Waals surface area contributed by atoms with Crippen LogP contribution in [-0.4, -0.2) is 50.4 Å². The zero-order chi connectivity index (χ0) is 17.0. The first-order chi connectivity index (χ1) is 10.8. The molecule has 1 aromatic rings. The van der Waals surface area contributed by atoms with E-state index in [2.05, 4.69) is 5.32 Å². The van der Waals surface area contributed by atoms with Crippen molar-refractivity contribution >= 4 is 15.7 Å². The van der Waals surface area contributed by atoms with Crippen molar-refractivity contribution < 1.29 is 17.6 Å². The summed E-state index contributed by atoms with van der Waals surface area (Å²) in [6.07, 6.45) is 0. The topological polar surface area (TPSA) is 66.5 Å². The number of carbonyl (C=O) groups excluding carboxylic acids is 1. The lowest BCUT2D eigenvalue weighted by atomic mass is 9.96. The summed E-state index contributed by atoms with van der Waals surface area (Å²) in [7, 11) is -2.94. The average Bonchev–Trinajstić information content (AvgIpc) is 2.48. The third kappa shape index (κ3) is 5.28. The quantitative estimate of drug-likeness (QED) is 0.878. The molecule has 128 valence electrons. The van der Waals surface area contributed by atoms with Crippen LogP contribution in [0.25, 0.3) is 0 Å². The Kier molecular flexibility index (Phi) is 5.75. The van der Waals surface area contributed by atoms with E-state index >= 15 is 0 Å². The second kappa shape index (κ2) is 7.40. The van der Waals surface area contributed by atoms with Gasteiger partial charge in [-0.1, -0.05) is 26.0 Å². The second-order valence-electron chi connectivity index (χ2n) is 6.27. The van der Waals surface area contributed by atoms with Gasteiger partial charge in [-0.15, -0.1) is 0 Å². The summed E-state index contributed by atoms with van der Waals surface area (Å²) in [5, 5.41) is 2.97. The lowest BCUT2D eigenvalue weighted by Gasteiger charge is -2.28. The molecule has 7 heteroatoms. The van der Waals surface area contributed by atoms with E-state index in [1.54, 1.807) is 12.1 Å². The van der Waals surface area contributed by atoms with Gasteiger partial charge in [0, 0.05) is 13.1 Å². The summed E-state index contributed by atoms with van der Waals surface area (Å²) in [4.78, 5) is 14.1. The first-order valence-electron chi connectivity index (χ1n) is 7.74. The Morgan fingerprint density at radius 3 is 2.30 bits per heavy atom. The summed E-state index contributed by atoms with van der Waals surface area (Å²) in [5.74, 6) is -0.0897. The van der Waals surface area contributed by atoms with Crippen LogP contribution in [0.3, 0.4) is 0 Å². The molecule has 1 N–H and O–H groups in total. The van der Waals surface area contributed by atoms with Crippen molar-refractivity contribution in [3.05, 3.63) is 35.6 Å². The maximum atomic E-state index is 13.0. The number of carbonyl (C=O) groups is 1. The number of amides is 1. The molecule has 1 heterocycles. The fourth-order valence-electron chi connectivity index (χ4n) is 2.64. The highest BCUT2D eigenvalue weighted by atomic mass is 32.2. The zero-order valence-corrected chi connectivity index (χ0v) is 14.3. The summed E-state index contributed by atoms with van der Waals surface area (Å²) < 4.78 is 35.8. The third-order valence-electron chi connectivity index (χ3n) is 4.02. The lowest BCUT2D eigenvalue weighted by molar-refractivity contribution is -0.123. The molecule has 1 amide bonds. The molecule has 0 aliphatic carbocycles. The Morgan fingerprint density at radius 2 is 1.78 bits per heavy atom. The molecule has 1 unspecified atom stereocenters. The van der Waals surface area contributed by atoms with E-state index in [4.69, 9.17) is 0 Å². The Hall–Kier alpha value is -1.47. The summed E-state index contributed by atoms with van der Waals surface area (Å²) in [6.45, 7) is 4.93. The van der Waals surface area contributed by atoms with Gasteiger partial charge in [0.1, 0.15) is 5.82 Å². The maximum Gasteiger partial charge on any atom is 0.234 e. The van der Waals surface area contributed by atoms with Gasteiger partial charge in [0.2, 0.25) is 5.91 Å². The molecule has 1 saturated heterocycles. The first-order valence-corrected chi connectivity index (χ1v) is 9.56. The molecule has 0 aromatic heterocycles. The molecule has 1 fully saturated rings. The van der Waals surface area contributed by atoms with Crippen LogP contribution >= 0.6 is 0 Å². The fraction of sp³-hybridized carbons (Fsp3) is 0.562. The van der Waals surface area contributed by atoms with Gasteiger partial charge in [0.15, 0.2) is 9.84 Å². The van der Waals surface area contributed by atoms with Gasteiger partial charge in [0.25, 0.3) is 0 Å². The second-order valence-corrected chi connectivity index (χ2v) is 8.57. The van der Waals surface area contributed by atoms with Gasteiger partial charge >= 0.3 is 0 Å². The number of nitrogens with one attached hydrogen (secondary N) is 1. The van der Waals surface area contributed by atoms with Crippen molar-refractivity contribution in [3.63, 3.8) is 0 Å². The van der Waals surface area contributed by atoms with Gasteiger partial charge in [-0.05, 0) is 23.6 Å². The monoisotopic (exact) mass is 342 g/mol. The van der Waals surface area contributed by atoms with Gasteiger partial charge in [-0.25, -0.2) is 12.8 Å². The predicted molar refractivity (Wildman–Crippen MR) is 87.2 cm³/mol. The number of hydrogen-bond acceptors (Lipinski definition) is 4. The number of sulfone groups is 1. The highest BCUT2D eigenvalue weighted by Crippen LogP contribution is 2.21. The molecular formula is C16H23FN2O3S. The molecule has 1 aliphatic rings. The molecule has 2 rings (SSSR count). The molecule has 1 aromatic carbocycles. The van der Waals surface area contributed by atoms with E-state index in [0.717, 1.165) is 5.56 Å². The van der Waals surface area contributed by atoms with E-state index in [1.165, 1.54) is 12.1 Å². The fourth-order valence-corrected chi connectivity index (χ4v) is 3.91. The van der Waals surface area contributed by atoms with E-state index in [1.807, 2.05) is 18.7 Å². The first kappa shape index (κ1) is 17.9. The van der Waals surface area contributed by atoms with Gasteiger partial charge in [0.05, 0.1) is 24.1 Å². The third-order valence-corrected chi connectivity index (χ3v) is 5.63. The number of benzene rings is 1. The minimum Gasteiger partial charge on any atom is -0.348 e. The van der Waals surface area contributed by atoms with Crippen LogP contribution < -0.4 is 5.32 Å². The van der Waals surface area contributed by atoms with Crippen LogP contribution in [0, 0.1) is 11.7 Å². The Bertz CT molecular complexity index is 630. The maximum absolute atomic E-state index is 13.0. The predicted octanol–water partition coefficient (Wildman–Crippen LogP) is 1.37. The number of halogens is 1. The normalized spacial score (nSPS) is 19.5. The van der Waals surface area contributed by atoms with E-state index < -0.39 is 9.84 Å². The average molecular weight is 342 g/mol. The summed E-state index contributed by atoms with van der Waals surface area (Å²) in [6, 6.07) is 5.91.